The summed E-state index contributed by atoms with van der Waals surface area (Å²) in [4.78, 5) is 24.0. The van der Waals surface area contributed by atoms with Crippen molar-refractivity contribution in [2.75, 3.05) is 7.05 Å². The second-order valence-corrected chi connectivity index (χ2v) is 3.75. The Morgan fingerprint density at radius 3 is 2.79 bits per heavy atom. The fourth-order valence-corrected chi connectivity index (χ4v) is 1.86. The second kappa shape index (κ2) is 3.34. The fraction of sp³-hybridized carbons (Fsp3) is 0.111. The van der Waals surface area contributed by atoms with Crippen molar-refractivity contribution >= 4 is 29.0 Å². The molecule has 0 unspecified atom stereocenters. The first-order valence-electron chi connectivity index (χ1n) is 3.93. The molecule has 1 aromatic rings. The van der Waals surface area contributed by atoms with Crippen LogP contribution >= 0.6 is 11.8 Å². The summed E-state index contributed by atoms with van der Waals surface area (Å²) in [5, 5.41) is -0.257. The van der Waals surface area contributed by atoms with Crippen molar-refractivity contribution in [2.24, 2.45) is 0 Å². The van der Waals surface area contributed by atoms with Crippen LogP contribution in [0, 0.1) is 0 Å². The number of carbonyl (C=O) groups excluding carboxylic acids is 2. The number of carbonyl (C=O) groups is 2. The lowest BCUT2D eigenvalue weighted by Crippen LogP contribution is -2.22. The maximum atomic E-state index is 11.4. The van der Waals surface area contributed by atoms with Gasteiger partial charge in [0.15, 0.2) is 0 Å². The molecule has 2 rings (SSSR count). The van der Waals surface area contributed by atoms with Crippen molar-refractivity contribution in [2.45, 2.75) is 0 Å². The van der Waals surface area contributed by atoms with Gasteiger partial charge in [-0.3, -0.25) is 14.5 Å². The van der Waals surface area contributed by atoms with Crippen molar-refractivity contribution in [1.82, 2.24) is 4.90 Å². The maximum Gasteiger partial charge on any atom is 0.293 e. The van der Waals surface area contributed by atoms with Crippen LogP contribution in [-0.2, 0) is 4.79 Å². The van der Waals surface area contributed by atoms with Gasteiger partial charge < -0.3 is 4.42 Å². The van der Waals surface area contributed by atoms with Gasteiger partial charge in [0.05, 0.1) is 11.2 Å². The van der Waals surface area contributed by atoms with Crippen LogP contribution in [0.25, 0.3) is 6.08 Å². The van der Waals surface area contributed by atoms with Crippen LogP contribution in [0.3, 0.4) is 0 Å². The van der Waals surface area contributed by atoms with E-state index in [1.165, 1.54) is 13.3 Å². The SMILES string of the molecule is CN1C(=O)S/C(=C\c2ccco2)C1=O. The van der Waals surface area contributed by atoms with Crippen molar-refractivity contribution in [1.29, 1.82) is 0 Å². The third-order valence-electron chi connectivity index (χ3n) is 1.80. The third-order valence-corrected chi connectivity index (χ3v) is 2.76. The van der Waals surface area contributed by atoms with E-state index in [9.17, 15) is 9.59 Å². The monoisotopic (exact) mass is 209 g/mol. The maximum absolute atomic E-state index is 11.4. The third kappa shape index (κ3) is 1.46. The molecule has 2 amide bonds. The number of amides is 2. The van der Waals surface area contributed by atoms with E-state index >= 15 is 0 Å². The molecule has 0 radical (unpaired) electrons. The Morgan fingerprint density at radius 2 is 2.29 bits per heavy atom. The highest BCUT2D eigenvalue weighted by atomic mass is 32.2. The van der Waals surface area contributed by atoms with Gasteiger partial charge in [-0.05, 0) is 23.9 Å². The lowest BCUT2D eigenvalue weighted by Gasteiger charge is -2.00. The van der Waals surface area contributed by atoms with Gasteiger partial charge in [-0.25, -0.2) is 0 Å². The van der Waals surface area contributed by atoms with Gasteiger partial charge in [0.2, 0.25) is 0 Å². The molecule has 1 aliphatic heterocycles. The molecule has 0 saturated carbocycles. The van der Waals surface area contributed by atoms with E-state index in [4.69, 9.17) is 4.42 Å². The van der Waals surface area contributed by atoms with Crippen LogP contribution in [0.15, 0.2) is 27.7 Å². The zero-order chi connectivity index (χ0) is 10.1. The van der Waals surface area contributed by atoms with Gasteiger partial charge >= 0.3 is 0 Å². The zero-order valence-electron chi connectivity index (χ0n) is 7.39. The molecule has 0 atom stereocenters. The van der Waals surface area contributed by atoms with E-state index in [0.717, 1.165) is 16.7 Å². The molecule has 0 aromatic carbocycles. The van der Waals surface area contributed by atoms with E-state index < -0.39 is 0 Å². The number of rotatable bonds is 1. The Morgan fingerprint density at radius 1 is 1.50 bits per heavy atom. The summed E-state index contributed by atoms with van der Waals surface area (Å²) in [6.45, 7) is 0. The van der Waals surface area contributed by atoms with Crippen LogP contribution in [0.5, 0.6) is 0 Å². The van der Waals surface area contributed by atoms with Gasteiger partial charge in [0.1, 0.15) is 5.76 Å². The smallest absolute Gasteiger partial charge is 0.293 e. The van der Waals surface area contributed by atoms with Gasteiger partial charge in [-0.1, -0.05) is 0 Å². The van der Waals surface area contributed by atoms with E-state index in [1.807, 2.05) is 0 Å². The summed E-state index contributed by atoms with van der Waals surface area (Å²) in [7, 11) is 1.46. The Balaban J connectivity index is 2.29. The molecule has 5 heteroatoms. The first-order chi connectivity index (χ1) is 6.68. The largest absolute Gasteiger partial charge is 0.465 e. The molecule has 1 aliphatic rings. The van der Waals surface area contributed by atoms with E-state index in [1.54, 1.807) is 18.2 Å². The molecular weight excluding hydrogens is 202 g/mol. The number of hydrogen-bond donors (Lipinski definition) is 0. The Bertz CT molecular complexity index is 408. The summed E-state index contributed by atoms with van der Waals surface area (Å²) in [6, 6.07) is 3.45. The van der Waals surface area contributed by atoms with Gasteiger partial charge in [-0.15, -0.1) is 0 Å². The lowest BCUT2D eigenvalue weighted by atomic mass is 10.4. The summed E-state index contributed by atoms with van der Waals surface area (Å²) in [5.41, 5.74) is 0. The first-order valence-corrected chi connectivity index (χ1v) is 4.75. The zero-order valence-corrected chi connectivity index (χ0v) is 8.21. The molecule has 1 fully saturated rings. The number of thioether (sulfide) groups is 1. The summed E-state index contributed by atoms with van der Waals surface area (Å²) in [5.74, 6) is 0.292. The number of imide groups is 1. The molecule has 1 saturated heterocycles. The van der Waals surface area contributed by atoms with Gasteiger partial charge in [0.25, 0.3) is 11.1 Å². The highest BCUT2D eigenvalue weighted by Gasteiger charge is 2.31. The van der Waals surface area contributed by atoms with E-state index in [2.05, 4.69) is 0 Å². The molecule has 0 aliphatic carbocycles. The van der Waals surface area contributed by atoms with Crippen LogP contribution in [0.4, 0.5) is 4.79 Å². The van der Waals surface area contributed by atoms with Gasteiger partial charge in [-0.2, -0.15) is 0 Å². The summed E-state index contributed by atoms with van der Waals surface area (Å²) >= 11 is 0.919. The molecule has 72 valence electrons. The van der Waals surface area contributed by atoms with Gasteiger partial charge in [0, 0.05) is 13.1 Å². The molecule has 14 heavy (non-hydrogen) atoms. The Hall–Kier alpha value is -1.49. The van der Waals surface area contributed by atoms with Crippen molar-refractivity contribution in [3.63, 3.8) is 0 Å². The van der Waals surface area contributed by atoms with Crippen LogP contribution in [0.2, 0.25) is 0 Å². The quantitative estimate of drug-likeness (QED) is 0.663. The molecule has 1 aromatic heterocycles. The molecule has 4 nitrogen and oxygen atoms in total. The Labute approximate surface area is 84.6 Å². The second-order valence-electron chi connectivity index (χ2n) is 2.76. The predicted octanol–water partition coefficient (Wildman–Crippen LogP) is 1.95. The Kier molecular flexibility index (Phi) is 2.17. The van der Waals surface area contributed by atoms with E-state index in [0.29, 0.717) is 10.7 Å². The predicted molar refractivity (Wildman–Crippen MR) is 52.4 cm³/mol. The topological polar surface area (TPSA) is 50.5 Å². The minimum absolute atomic E-state index is 0.257. The number of nitrogens with zero attached hydrogens (tertiary/aromatic N) is 1. The normalized spacial score (nSPS) is 19.8. The molecule has 0 N–H and O–H groups in total. The molecule has 2 heterocycles. The molecule has 0 spiro atoms. The first kappa shape index (κ1) is 9.08. The number of likely N-dealkylation sites (N-methyl/N-ethyl adjacent to an activating group) is 1. The highest BCUT2D eigenvalue weighted by Crippen LogP contribution is 2.30. The lowest BCUT2D eigenvalue weighted by molar-refractivity contribution is -0.121. The van der Waals surface area contributed by atoms with Crippen LogP contribution in [0.1, 0.15) is 5.76 Å². The fourth-order valence-electron chi connectivity index (χ4n) is 1.05. The summed E-state index contributed by atoms with van der Waals surface area (Å²) < 4.78 is 5.04. The van der Waals surface area contributed by atoms with Crippen LogP contribution < -0.4 is 0 Å². The van der Waals surface area contributed by atoms with E-state index in [-0.39, 0.29) is 11.1 Å². The van der Waals surface area contributed by atoms with Crippen molar-refractivity contribution in [3.05, 3.63) is 29.1 Å². The average Bonchev–Trinajstić information content (AvgIpc) is 2.73. The van der Waals surface area contributed by atoms with Crippen molar-refractivity contribution in [3.8, 4) is 0 Å². The number of furan rings is 1. The highest BCUT2D eigenvalue weighted by molar-refractivity contribution is 8.18. The summed E-state index contributed by atoms with van der Waals surface area (Å²) in [6.07, 6.45) is 3.08. The molecular formula is C9H7NO3S. The minimum atomic E-state index is -0.281. The molecule has 0 bridgehead atoms. The van der Waals surface area contributed by atoms with Crippen molar-refractivity contribution < 1.29 is 14.0 Å². The standard InChI is InChI=1S/C9H7NO3S/c1-10-8(11)7(14-9(10)12)5-6-3-2-4-13-6/h2-5H,1H3/b7-5-. The number of hydrogen-bond acceptors (Lipinski definition) is 4. The average molecular weight is 209 g/mol. The minimum Gasteiger partial charge on any atom is -0.465 e. The van der Waals surface area contributed by atoms with Crippen LogP contribution in [-0.4, -0.2) is 23.1 Å².